The topological polar surface area (TPSA) is 51.0 Å². The van der Waals surface area contributed by atoms with Crippen LogP contribution >= 0.6 is 11.3 Å². The smallest absolute Gasteiger partial charge is 0.236 e. The van der Waals surface area contributed by atoms with Gasteiger partial charge in [-0.05, 0) is 43.0 Å². The van der Waals surface area contributed by atoms with Crippen LogP contribution in [-0.2, 0) is 6.54 Å². The van der Waals surface area contributed by atoms with Crippen LogP contribution in [0.2, 0.25) is 0 Å². The third-order valence-corrected chi connectivity index (χ3v) is 4.26. The Balaban J connectivity index is 1.68. The fraction of sp³-hybridized carbons (Fsp3) is 0.250. The minimum absolute atomic E-state index is 0.245. The summed E-state index contributed by atoms with van der Waals surface area (Å²) in [6, 6.07) is 8.30. The second kappa shape index (κ2) is 6.20. The molecule has 3 aromatic rings. The molecule has 0 unspecified atom stereocenters. The largest absolute Gasteiger partial charge is 0.440 e. The molecule has 1 atom stereocenters. The number of hydrogen-bond acceptors (Lipinski definition) is 5. The average molecular weight is 299 g/mol. The molecule has 0 aromatic carbocycles. The molecule has 0 aliphatic rings. The van der Waals surface area contributed by atoms with Crippen molar-refractivity contribution in [3.8, 4) is 10.8 Å². The fourth-order valence-electron chi connectivity index (χ4n) is 2.12. The minimum atomic E-state index is 0.245. The summed E-state index contributed by atoms with van der Waals surface area (Å²) in [5.74, 6) is 1.57. The standard InChI is InChI=1S/C16H17N3OS/c1-11(13-5-7-17-8-6-13)18-10-14-12(2)20-16(19-14)15-4-3-9-21-15/h3-9,11,18H,10H2,1-2H3/t11-/m0/s1. The number of aromatic nitrogens is 2. The van der Waals surface area contributed by atoms with Crippen LogP contribution in [0.1, 0.15) is 30.0 Å². The molecule has 0 aliphatic carbocycles. The summed E-state index contributed by atoms with van der Waals surface area (Å²) >= 11 is 1.64. The van der Waals surface area contributed by atoms with E-state index in [1.807, 2.05) is 49.0 Å². The SMILES string of the molecule is Cc1oc(-c2cccs2)nc1CN[C@@H](C)c1ccncc1. The molecule has 3 rings (SSSR count). The lowest BCUT2D eigenvalue weighted by Gasteiger charge is -2.12. The van der Waals surface area contributed by atoms with Crippen molar-refractivity contribution in [2.45, 2.75) is 26.4 Å². The molecule has 0 bridgehead atoms. The lowest BCUT2D eigenvalue weighted by molar-refractivity contribution is 0.529. The van der Waals surface area contributed by atoms with Gasteiger partial charge < -0.3 is 9.73 Å². The molecule has 108 valence electrons. The Morgan fingerprint density at radius 2 is 2.10 bits per heavy atom. The minimum Gasteiger partial charge on any atom is -0.440 e. The molecule has 5 heteroatoms. The second-order valence-electron chi connectivity index (χ2n) is 4.88. The van der Waals surface area contributed by atoms with Crippen molar-refractivity contribution in [1.82, 2.24) is 15.3 Å². The Labute approximate surface area is 127 Å². The van der Waals surface area contributed by atoms with Gasteiger partial charge in [0.25, 0.3) is 0 Å². The number of nitrogens with one attached hydrogen (secondary N) is 1. The van der Waals surface area contributed by atoms with Gasteiger partial charge in [-0.1, -0.05) is 6.07 Å². The molecule has 3 aromatic heterocycles. The van der Waals surface area contributed by atoms with E-state index in [1.165, 1.54) is 5.56 Å². The number of aryl methyl sites for hydroxylation is 1. The van der Waals surface area contributed by atoms with Gasteiger partial charge in [0.05, 0.1) is 10.6 Å². The Morgan fingerprint density at radius 1 is 1.29 bits per heavy atom. The molecule has 0 saturated carbocycles. The summed E-state index contributed by atoms with van der Waals surface area (Å²) < 4.78 is 5.75. The highest BCUT2D eigenvalue weighted by atomic mass is 32.1. The third kappa shape index (κ3) is 3.20. The van der Waals surface area contributed by atoms with Gasteiger partial charge in [0.1, 0.15) is 5.76 Å². The van der Waals surface area contributed by atoms with E-state index in [-0.39, 0.29) is 6.04 Å². The first-order chi connectivity index (χ1) is 10.2. The monoisotopic (exact) mass is 299 g/mol. The lowest BCUT2D eigenvalue weighted by Crippen LogP contribution is -2.18. The quantitative estimate of drug-likeness (QED) is 0.775. The van der Waals surface area contributed by atoms with E-state index >= 15 is 0 Å². The summed E-state index contributed by atoms with van der Waals surface area (Å²) in [5.41, 5.74) is 2.17. The average Bonchev–Trinajstić information content (AvgIpc) is 3.15. The highest BCUT2D eigenvalue weighted by molar-refractivity contribution is 7.13. The van der Waals surface area contributed by atoms with Gasteiger partial charge in [-0.25, -0.2) is 4.98 Å². The highest BCUT2D eigenvalue weighted by Crippen LogP contribution is 2.26. The molecular weight excluding hydrogens is 282 g/mol. The molecular formula is C16H17N3OS. The zero-order chi connectivity index (χ0) is 14.7. The van der Waals surface area contributed by atoms with Gasteiger partial charge in [-0.3, -0.25) is 4.98 Å². The van der Waals surface area contributed by atoms with Crippen molar-refractivity contribution in [1.29, 1.82) is 0 Å². The van der Waals surface area contributed by atoms with Crippen molar-refractivity contribution in [3.05, 3.63) is 59.1 Å². The Morgan fingerprint density at radius 3 is 2.81 bits per heavy atom. The number of hydrogen-bond donors (Lipinski definition) is 1. The Hall–Kier alpha value is -1.98. The molecule has 4 nitrogen and oxygen atoms in total. The first-order valence-corrected chi connectivity index (χ1v) is 7.75. The molecule has 0 spiro atoms. The van der Waals surface area contributed by atoms with Crippen LogP contribution in [0.25, 0.3) is 10.8 Å². The van der Waals surface area contributed by atoms with Crippen molar-refractivity contribution >= 4 is 11.3 Å². The summed E-state index contributed by atoms with van der Waals surface area (Å²) in [5, 5.41) is 5.49. The zero-order valence-electron chi connectivity index (χ0n) is 12.0. The van der Waals surface area contributed by atoms with E-state index in [0.717, 1.165) is 16.3 Å². The van der Waals surface area contributed by atoms with Gasteiger partial charge >= 0.3 is 0 Å². The van der Waals surface area contributed by atoms with Crippen LogP contribution in [0.15, 0.2) is 46.5 Å². The van der Waals surface area contributed by atoms with E-state index in [0.29, 0.717) is 12.4 Å². The van der Waals surface area contributed by atoms with E-state index in [2.05, 4.69) is 22.2 Å². The molecule has 0 amide bonds. The van der Waals surface area contributed by atoms with Crippen molar-refractivity contribution in [3.63, 3.8) is 0 Å². The van der Waals surface area contributed by atoms with Gasteiger partial charge in [-0.15, -0.1) is 11.3 Å². The van der Waals surface area contributed by atoms with Crippen LogP contribution in [0.5, 0.6) is 0 Å². The predicted octanol–water partition coefficient (Wildman–Crippen LogP) is 3.96. The summed E-state index contributed by atoms with van der Waals surface area (Å²) in [7, 11) is 0. The molecule has 3 heterocycles. The van der Waals surface area contributed by atoms with Crippen molar-refractivity contribution in [2.24, 2.45) is 0 Å². The van der Waals surface area contributed by atoms with Crippen LogP contribution in [0.4, 0.5) is 0 Å². The highest BCUT2D eigenvalue weighted by Gasteiger charge is 2.13. The molecule has 1 N–H and O–H groups in total. The van der Waals surface area contributed by atoms with E-state index < -0.39 is 0 Å². The summed E-state index contributed by atoms with van der Waals surface area (Å²) in [6.07, 6.45) is 3.62. The maximum atomic E-state index is 5.75. The van der Waals surface area contributed by atoms with Gasteiger partial charge in [0, 0.05) is 25.0 Å². The van der Waals surface area contributed by atoms with Gasteiger partial charge in [-0.2, -0.15) is 0 Å². The van der Waals surface area contributed by atoms with E-state index in [9.17, 15) is 0 Å². The first kappa shape index (κ1) is 14.0. The fourth-order valence-corrected chi connectivity index (χ4v) is 2.77. The molecule has 0 radical (unpaired) electrons. The van der Waals surface area contributed by atoms with Crippen LogP contribution in [0, 0.1) is 6.92 Å². The normalized spacial score (nSPS) is 12.5. The van der Waals surface area contributed by atoms with E-state index in [1.54, 1.807) is 11.3 Å². The van der Waals surface area contributed by atoms with Crippen LogP contribution in [0.3, 0.4) is 0 Å². The second-order valence-corrected chi connectivity index (χ2v) is 5.83. The molecule has 0 aliphatic heterocycles. The number of oxazole rings is 1. The van der Waals surface area contributed by atoms with Crippen LogP contribution in [-0.4, -0.2) is 9.97 Å². The van der Waals surface area contributed by atoms with E-state index in [4.69, 9.17) is 4.42 Å². The van der Waals surface area contributed by atoms with Gasteiger partial charge in [0.15, 0.2) is 0 Å². The van der Waals surface area contributed by atoms with Gasteiger partial charge in [0.2, 0.25) is 5.89 Å². The first-order valence-electron chi connectivity index (χ1n) is 6.87. The predicted molar refractivity (Wildman–Crippen MR) is 84.0 cm³/mol. The molecule has 0 fully saturated rings. The maximum Gasteiger partial charge on any atom is 0.236 e. The Kier molecular flexibility index (Phi) is 4.13. The maximum absolute atomic E-state index is 5.75. The lowest BCUT2D eigenvalue weighted by atomic mass is 10.1. The summed E-state index contributed by atoms with van der Waals surface area (Å²) in [4.78, 5) is 9.69. The molecule has 21 heavy (non-hydrogen) atoms. The number of rotatable bonds is 5. The third-order valence-electron chi connectivity index (χ3n) is 3.41. The zero-order valence-corrected chi connectivity index (χ0v) is 12.9. The Bertz CT molecular complexity index is 692. The number of thiophene rings is 1. The van der Waals surface area contributed by atoms with Crippen molar-refractivity contribution in [2.75, 3.05) is 0 Å². The van der Waals surface area contributed by atoms with Crippen LogP contribution < -0.4 is 5.32 Å². The summed E-state index contributed by atoms with van der Waals surface area (Å²) in [6.45, 7) is 4.77. The molecule has 0 saturated heterocycles. The number of pyridine rings is 1. The van der Waals surface area contributed by atoms with Crippen molar-refractivity contribution < 1.29 is 4.42 Å². The number of nitrogens with zero attached hydrogens (tertiary/aromatic N) is 2.